The highest BCUT2D eigenvalue weighted by molar-refractivity contribution is 5.79. The SMILES string of the molecule is Cc1cc(OCC(C)C(=N)N)ccc1C(C)C. The van der Waals surface area contributed by atoms with Crippen molar-refractivity contribution in [3.63, 3.8) is 0 Å². The van der Waals surface area contributed by atoms with Gasteiger partial charge in [-0.25, -0.2) is 0 Å². The van der Waals surface area contributed by atoms with Crippen LogP contribution in [0.3, 0.4) is 0 Å². The lowest BCUT2D eigenvalue weighted by Crippen LogP contribution is -2.25. The second-order valence-corrected chi connectivity index (χ2v) is 4.84. The Morgan fingerprint density at radius 1 is 1.35 bits per heavy atom. The van der Waals surface area contributed by atoms with Crippen molar-refractivity contribution in [2.75, 3.05) is 6.61 Å². The van der Waals surface area contributed by atoms with Gasteiger partial charge in [0.15, 0.2) is 0 Å². The topological polar surface area (TPSA) is 59.1 Å². The molecule has 0 aromatic heterocycles. The molecule has 0 bridgehead atoms. The van der Waals surface area contributed by atoms with Gasteiger partial charge in [-0.2, -0.15) is 0 Å². The number of aryl methyl sites for hydroxylation is 1. The summed E-state index contributed by atoms with van der Waals surface area (Å²) in [7, 11) is 0. The van der Waals surface area contributed by atoms with Crippen molar-refractivity contribution in [3.05, 3.63) is 29.3 Å². The minimum atomic E-state index is -0.0416. The van der Waals surface area contributed by atoms with Crippen LogP contribution in [0.5, 0.6) is 5.75 Å². The molecule has 3 nitrogen and oxygen atoms in total. The lowest BCUT2D eigenvalue weighted by Gasteiger charge is -2.14. The second kappa shape index (κ2) is 5.71. The van der Waals surface area contributed by atoms with Crippen molar-refractivity contribution in [2.45, 2.75) is 33.6 Å². The van der Waals surface area contributed by atoms with Crippen LogP contribution in [0.25, 0.3) is 0 Å². The van der Waals surface area contributed by atoms with Crippen LogP contribution in [0.4, 0.5) is 0 Å². The van der Waals surface area contributed by atoms with Gasteiger partial charge in [0.2, 0.25) is 0 Å². The van der Waals surface area contributed by atoms with Gasteiger partial charge in [-0.05, 0) is 36.1 Å². The number of benzene rings is 1. The highest BCUT2D eigenvalue weighted by atomic mass is 16.5. The summed E-state index contributed by atoms with van der Waals surface area (Å²) >= 11 is 0. The fourth-order valence-corrected chi connectivity index (χ4v) is 1.70. The van der Waals surface area contributed by atoms with Gasteiger partial charge in [-0.3, -0.25) is 5.41 Å². The second-order valence-electron chi connectivity index (χ2n) is 4.84. The number of ether oxygens (including phenoxy) is 1. The van der Waals surface area contributed by atoms with Crippen LogP contribution in [0.2, 0.25) is 0 Å². The molecule has 1 aromatic rings. The summed E-state index contributed by atoms with van der Waals surface area (Å²) in [4.78, 5) is 0. The number of hydrogen-bond acceptors (Lipinski definition) is 2. The van der Waals surface area contributed by atoms with E-state index in [2.05, 4.69) is 26.8 Å². The summed E-state index contributed by atoms with van der Waals surface area (Å²) in [5.41, 5.74) is 7.99. The first-order chi connectivity index (χ1) is 7.91. The molecular formula is C14H22N2O. The zero-order valence-corrected chi connectivity index (χ0v) is 11.1. The average molecular weight is 234 g/mol. The molecule has 0 amide bonds. The molecule has 0 aliphatic carbocycles. The van der Waals surface area contributed by atoms with Crippen LogP contribution in [0.1, 0.15) is 37.8 Å². The van der Waals surface area contributed by atoms with E-state index in [1.54, 1.807) is 0 Å². The van der Waals surface area contributed by atoms with Crippen LogP contribution in [0.15, 0.2) is 18.2 Å². The Morgan fingerprint density at radius 2 is 2.00 bits per heavy atom. The lowest BCUT2D eigenvalue weighted by molar-refractivity contribution is 0.291. The molecule has 3 N–H and O–H groups in total. The number of amidine groups is 1. The highest BCUT2D eigenvalue weighted by Gasteiger charge is 2.08. The molecule has 1 atom stereocenters. The molecule has 1 rings (SSSR count). The third kappa shape index (κ3) is 3.77. The van der Waals surface area contributed by atoms with E-state index in [-0.39, 0.29) is 11.8 Å². The van der Waals surface area contributed by atoms with Crippen LogP contribution in [-0.2, 0) is 0 Å². The Kier molecular flexibility index (Phi) is 4.55. The molecule has 94 valence electrons. The Hall–Kier alpha value is -1.51. The lowest BCUT2D eigenvalue weighted by atomic mass is 9.98. The quantitative estimate of drug-likeness (QED) is 0.607. The molecule has 0 fully saturated rings. The Balaban J connectivity index is 2.68. The molecule has 17 heavy (non-hydrogen) atoms. The van der Waals surface area contributed by atoms with Gasteiger partial charge in [-0.15, -0.1) is 0 Å². The van der Waals surface area contributed by atoms with Gasteiger partial charge >= 0.3 is 0 Å². The Morgan fingerprint density at radius 3 is 2.47 bits per heavy atom. The third-order valence-corrected chi connectivity index (χ3v) is 2.89. The van der Waals surface area contributed by atoms with Crippen molar-refractivity contribution in [1.82, 2.24) is 0 Å². The summed E-state index contributed by atoms with van der Waals surface area (Å²) in [6, 6.07) is 6.13. The van der Waals surface area contributed by atoms with Gasteiger partial charge in [0.25, 0.3) is 0 Å². The van der Waals surface area contributed by atoms with Gasteiger partial charge in [0, 0.05) is 5.92 Å². The van der Waals surface area contributed by atoms with Crippen molar-refractivity contribution in [2.24, 2.45) is 11.7 Å². The molecule has 0 radical (unpaired) electrons. The predicted octanol–water partition coefficient (Wildman–Crippen LogP) is 3.07. The number of nitrogens with one attached hydrogen (secondary N) is 1. The predicted molar refractivity (Wildman–Crippen MR) is 71.8 cm³/mol. The fraction of sp³-hybridized carbons (Fsp3) is 0.500. The fourth-order valence-electron chi connectivity index (χ4n) is 1.70. The van der Waals surface area contributed by atoms with Crippen LogP contribution >= 0.6 is 0 Å². The number of rotatable bonds is 5. The minimum absolute atomic E-state index is 0.0416. The van der Waals surface area contributed by atoms with E-state index in [1.165, 1.54) is 11.1 Å². The molecule has 0 spiro atoms. The van der Waals surface area contributed by atoms with Crippen molar-refractivity contribution in [1.29, 1.82) is 5.41 Å². The summed E-state index contributed by atoms with van der Waals surface area (Å²) in [6.45, 7) is 8.80. The maximum absolute atomic E-state index is 7.30. The molecule has 0 heterocycles. The summed E-state index contributed by atoms with van der Waals surface area (Å²) in [5, 5.41) is 7.30. The molecule has 0 aliphatic heterocycles. The van der Waals surface area contributed by atoms with Crippen LogP contribution in [-0.4, -0.2) is 12.4 Å². The van der Waals surface area contributed by atoms with Crippen molar-refractivity contribution >= 4 is 5.84 Å². The maximum Gasteiger partial charge on any atom is 0.119 e. The van der Waals surface area contributed by atoms with E-state index in [4.69, 9.17) is 15.9 Å². The van der Waals surface area contributed by atoms with E-state index in [0.717, 1.165) is 5.75 Å². The first-order valence-corrected chi connectivity index (χ1v) is 5.99. The van der Waals surface area contributed by atoms with Gasteiger partial charge in [0.1, 0.15) is 5.75 Å². The summed E-state index contributed by atoms with van der Waals surface area (Å²) in [6.07, 6.45) is 0. The zero-order valence-electron chi connectivity index (χ0n) is 11.1. The van der Waals surface area contributed by atoms with E-state index in [9.17, 15) is 0 Å². The third-order valence-electron chi connectivity index (χ3n) is 2.89. The van der Waals surface area contributed by atoms with E-state index >= 15 is 0 Å². The molecule has 1 aromatic carbocycles. The number of nitrogens with two attached hydrogens (primary N) is 1. The Bertz CT molecular complexity index is 399. The van der Waals surface area contributed by atoms with E-state index < -0.39 is 0 Å². The first kappa shape index (κ1) is 13.6. The van der Waals surface area contributed by atoms with E-state index in [0.29, 0.717) is 12.5 Å². The zero-order chi connectivity index (χ0) is 13.0. The van der Waals surface area contributed by atoms with Crippen molar-refractivity contribution < 1.29 is 4.74 Å². The number of hydrogen-bond donors (Lipinski definition) is 2. The molecule has 0 saturated heterocycles. The molecule has 0 saturated carbocycles. The normalized spacial score (nSPS) is 12.5. The van der Waals surface area contributed by atoms with E-state index in [1.807, 2.05) is 19.1 Å². The monoisotopic (exact) mass is 234 g/mol. The average Bonchev–Trinajstić information content (AvgIpc) is 2.25. The largest absolute Gasteiger partial charge is 0.493 e. The van der Waals surface area contributed by atoms with Gasteiger partial charge < -0.3 is 10.5 Å². The minimum Gasteiger partial charge on any atom is -0.493 e. The molecule has 1 unspecified atom stereocenters. The molecular weight excluding hydrogens is 212 g/mol. The maximum atomic E-state index is 7.30. The smallest absolute Gasteiger partial charge is 0.119 e. The summed E-state index contributed by atoms with van der Waals surface area (Å²) in [5.74, 6) is 1.50. The highest BCUT2D eigenvalue weighted by Crippen LogP contribution is 2.23. The molecule has 0 aliphatic rings. The van der Waals surface area contributed by atoms with Gasteiger partial charge in [-0.1, -0.05) is 26.8 Å². The van der Waals surface area contributed by atoms with Crippen LogP contribution in [0, 0.1) is 18.3 Å². The first-order valence-electron chi connectivity index (χ1n) is 5.99. The Labute approximate surface area is 103 Å². The van der Waals surface area contributed by atoms with Gasteiger partial charge in [0.05, 0.1) is 12.4 Å². The summed E-state index contributed by atoms with van der Waals surface area (Å²) < 4.78 is 5.62. The standard InChI is InChI=1S/C14H22N2O/c1-9(2)13-6-5-12(7-10(13)3)17-8-11(4)14(15)16/h5-7,9,11H,8H2,1-4H3,(H3,15,16). The van der Waals surface area contributed by atoms with Crippen LogP contribution < -0.4 is 10.5 Å². The van der Waals surface area contributed by atoms with Crippen molar-refractivity contribution in [3.8, 4) is 5.75 Å². The molecule has 3 heteroatoms.